The van der Waals surface area contributed by atoms with Gasteiger partial charge in [0.1, 0.15) is 35.9 Å². The number of carboxylic acid groups (broad SMARTS) is 1. The first kappa shape index (κ1) is 55.9. The summed E-state index contributed by atoms with van der Waals surface area (Å²) < 4.78 is 27.4. The minimum Gasteiger partial charge on any atom is -0.870 e. The first-order valence-electron chi connectivity index (χ1n) is 22.1. The van der Waals surface area contributed by atoms with Crippen LogP contribution in [0.3, 0.4) is 0 Å². The van der Waals surface area contributed by atoms with Crippen molar-refractivity contribution >= 4 is 35.3 Å². The summed E-state index contributed by atoms with van der Waals surface area (Å²) >= 11 is 0. The van der Waals surface area contributed by atoms with Gasteiger partial charge in [0, 0.05) is 13.1 Å². The molecule has 2 aliphatic rings. The number of carbonyl (C=O) groups is 4. The Labute approximate surface area is 431 Å². The van der Waals surface area contributed by atoms with Crippen LogP contribution in [0.25, 0.3) is 22.3 Å². The number of anilines is 2. The van der Waals surface area contributed by atoms with Gasteiger partial charge in [0.2, 0.25) is 0 Å². The van der Waals surface area contributed by atoms with Crippen LogP contribution < -0.4 is 48.8 Å². The van der Waals surface area contributed by atoms with Crippen molar-refractivity contribution in [3.63, 3.8) is 0 Å². The van der Waals surface area contributed by atoms with Crippen molar-refractivity contribution < 1.29 is 88.5 Å². The summed E-state index contributed by atoms with van der Waals surface area (Å²) in [4.78, 5) is 52.9. The SMILES string of the molecule is CC(C)(C)OC(=O)c1ccccc1-c1ccc(CN2CCOc3cc(C(=O)O)ccc32)cc1.COC(=O)c1ccc2c(c1)OCCN2Cc1ccc(-c2ccccc2C(=O)OC(C)(C)C)cc1.O.[Na+].[OH-]. The average Bonchev–Trinajstić information content (AvgIpc) is 3.31. The van der Waals surface area contributed by atoms with Gasteiger partial charge in [0.05, 0.1) is 53.8 Å². The molecule has 2 heterocycles. The Morgan fingerprint density at radius 1 is 0.557 bits per heavy atom. The van der Waals surface area contributed by atoms with Crippen molar-refractivity contribution in [1.29, 1.82) is 0 Å². The molecule has 8 rings (SSSR count). The van der Waals surface area contributed by atoms with E-state index in [1.165, 1.54) is 7.11 Å². The normalized spacial score (nSPS) is 12.5. The third-order valence-corrected chi connectivity index (χ3v) is 10.9. The Morgan fingerprint density at radius 3 is 1.33 bits per heavy atom. The van der Waals surface area contributed by atoms with E-state index in [1.807, 2.05) is 120 Å². The Morgan fingerprint density at radius 2 is 0.943 bits per heavy atom. The van der Waals surface area contributed by atoms with Crippen molar-refractivity contribution in [1.82, 2.24) is 0 Å². The van der Waals surface area contributed by atoms with Gasteiger partial charge in [0.25, 0.3) is 0 Å². The van der Waals surface area contributed by atoms with Gasteiger partial charge in [-0.1, -0.05) is 84.9 Å². The van der Waals surface area contributed by atoms with Gasteiger partial charge in [-0.25, -0.2) is 19.2 Å². The van der Waals surface area contributed by atoms with Crippen LogP contribution >= 0.6 is 0 Å². The van der Waals surface area contributed by atoms with E-state index >= 15 is 0 Å². The molecule has 6 aromatic carbocycles. The molecule has 0 aliphatic carbocycles. The van der Waals surface area contributed by atoms with Gasteiger partial charge >= 0.3 is 53.4 Å². The predicted molar refractivity (Wildman–Crippen MR) is 264 cm³/mol. The molecule has 0 radical (unpaired) electrons. The number of carbonyl (C=O) groups excluding carboxylic acids is 3. The maximum Gasteiger partial charge on any atom is 1.00 e. The fourth-order valence-corrected chi connectivity index (χ4v) is 7.77. The molecule has 0 unspecified atom stereocenters. The van der Waals surface area contributed by atoms with Crippen LogP contribution in [0, 0.1) is 0 Å². The number of carboxylic acids is 1. The smallest absolute Gasteiger partial charge is 0.870 e. The molecule has 362 valence electrons. The standard InChI is InChI=1S/C28H29NO5.C27H27NO5.Na.2H2O/c1-28(2,3)34-27(31)23-8-6-5-7-22(23)20-11-9-19(10-12-20)18-29-15-16-33-25-17-21(26(30)32-4)13-14-24(25)29;1-27(2,3)33-26(31)22-7-5-4-6-21(22)19-10-8-18(9-11-19)17-28-14-15-32-24-16-20(25(29)30)12-13-23(24)28;;;/h5-14,17H,15-16,18H2,1-4H3;4-13,16H,14-15,17H2,1-3H3,(H,29,30);;2*1H2/q;;+1;;/p-1. The van der Waals surface area contributed by atoms with Gasteiger partial charge in [-0.2, -0.15) is 0 Å². The number of rotatable bonds is 10. The number of hydrogen-bond donors (Lipinski definition) is 1. The van der Waals surface area contributed by atoms with E-state index in [0.717, 1.165) is 51.3 Å². The molecule has 0 amide bonds. The molecule has 0 atom stereocenters. The zero-order valence-corrected chi connectivity index (χ0v) is 42.9. The first-order chi connectivity index (χ1) is 32.0. The number of hydrogen-bond acceptors (Lipinski definition) is 12. The maximum atomic E-state index is 12.7. The topological polar surface area (TPSA) is 203 Å². The molecular formula is C55H59N2NaO12. The summed E-state index contributed by atoms with van der Waals surface area (Å²) in [5.74, 6) is -0.760. The summed E-state index contributed by atoms with van der Waals surface area (Å²) in [6, 6.07) is 41.6. The van der Waals surface area contributed by atoms with Crippen molar-refractivity contribution in [2.45, 2.75) is 65.8 Å². The molecule has 4 N–H and O–H groups in total. The van der Waals surface area contributed by atoms with E-state index < -0.39 is 17.2 Å². The number of esters is 3. The molecule has 0 bridgehead atoms. The molecule has 2 aliphatic heterocycles. The fraction of sp³-hybridized carbons (Fsp3) is 0.273. The second kappa shape index (κ2) is 24.2. The zero-order chi connectivity index (χ0) is 47.9. The van der Waals surface area contributed by atoms with Gasteiger partial charge in [0.15, 0.2) is 0 Å². The third kappa shape index (κ3) is 14.2. The van der Waals surface area contributed by atoms with E-state index in [4.69, 9.17) is 23.7 Å². The van der Waals surface area contributed by atoms with E-state index in [0.29, 0.717) is 61.0 Å². The zero-order valence-electron chi connectivity index (χ0n) is 40.9. The van der Waals surface area contributed by atoms with Crippen LogP contribution in [0.15, 0.2) is 133 Å². The Hall–Kier alpha value is -6.68. The second-order valence-corrected chi connectivity index (χ2v) is 18.2. The molecule has 15 heteroatoms. The Balaban J connectivity index is 0.000000292. The van der Waals surface area contributed by atoms with Crippen molar-refractivity contribution in [3.8, 4) is 33.8 Å². The first-order valence-corrected chi connectivity index (χ1v) is 22.1. The van der Waals surface area contributed by atoms with Crippen molar-refractivity contribution in [2.24, 2.45) is 0 Å². The van der Waals surface area contributed by atoms with E-state index in [1.54, 1.807) is 42.5 Å². The molecule has 14 nitrogen and oxygen atoms in total. The quantitative estimate of drug-likeness (QED) is 0.0845. The summed E-state index contributed by atoms with van der Waals surface area (Å²) in [6.07, 6.45) is 0. The van der Waals surface area contributed by atoms with Gasteiger partial charge in [-0.3, -0.25) is 0 Å². The largest absolute Gasteiger partial charge is 1.00 e. The van der Waals surface area contributed by atoms with Gasteiger partial charge in [-0.05, 0) is 123 Å². The Bertz CT molecular complexity index is 2760. The average molecular weight is 963 g/mol. The number of nitrogens with zero attached hydrogens (tertiary/aromatic N) is 2. The monoisotopic (exact) mass is 962 g/mol. The van der Waals surface area contributed by atoms with Crippen LogP contribution in [-0.2, 0) is 27.3 Å². The summed E-state index contributed by atoms with van der Waals surface area (Å²) in [6.45, 7) is 15.0. The van der Waals surface area contributed by atoms with Crippen LogP contribution in [-0.4, -0.2) is 84.6 Å². The van der Waals surface area contributed by atoms with E-state index in [-0.39, 0.29) is 64.0 Å². The third-order valence-electron chi connectivity index (χ3n) is 10.9. The molecule has 0 saturated carbocycles. The predicted octanol–water partition coefficient (Wildman–Crippen LogP) is 6.90. The van der Waals surface area contributed by atoms with Crippen molar-refractivity contribution in [3.05, 3.63) is 167 Å². The summed E-state index contributed by atoms with van der Waals surface area (Å²) in [5.41, 5.74) is 8.27. The van der Waals surface area contributed by atoms with E-state index in [2.05, 4.69) is 21.9 Å². The Kier molecular flexibility index (Phi) is 19.4. The molecule has 0 aromatic heterocycles. The minimum atomic E-state index is -0.972. The van der Waals surface area contributed by atoms with Crippen LogP contribution in [0.1, 0.15) is 94.1 Å². The molecule has 0 saturated heterocycles. The minimum absolute atomic E-state index is 0. The summed E-state index contributed by atoms with van der Waals surface area (Å²) in [7, 11) is 1.37. The molecule has 0 fully saturated rings. The number of aromatic carboxylic acids is 1. The maximum absolute atomic E-state index is 12.7. The number of ether oxygens (including phenoxy) is 5. The van der Waals surface area contributed by atoms with Crippen molar-refractivity contribution in [2.75, 3.05) is 43.2 Å². The molecule has 6 aromatic rings. The molecular weight excluding hydrogens is 904 g/mol. The number of methoxy groups -OCH3 is 1. The van der Waals surface area contributed by atoms with Gasteiger partial charge < -0.3 is 49.5 Å². The van der Waals surface area contributed by atoms with Crippen LogP contribution in [0.2, 0.25) is 0 Å². The molecule has 0 spiro atoms. The fourth-order valence-electron chi connectivity index (χ4n) is 7.77. The van der Waals surface area contributed by atoms with Crippen LogP contribution in [0.4, 0.5) is 11.4 Å². The second-order valence-electron chi connectivity index (χ2n) is 18.2. The van der Waals surface area contributed by atoms with Crippen LogP contribution in [0.5, 0.6) is 11.5 Å². The van der Waals surface area contributed by atoms with E-state index in [9.17, 15) is 24.3 Å². The summed E-state index contributed by atoms with van der Waals surface area (Å²) in [5, 5.41) is 9.22. The molecule has 70 heavy (non-hydrogen) atoms. The number of fused-ring (bicyclic) bond motifs is 2. The number of benzene rings is 6. The van der Waals surface area contributed by atoms with Gasteiger partial charge in [-0.15, -0.1) is 0 Å².